The van der Waals surface area contributed by atoms with Crippen molar-refractivity contribution in [1.82, 2.24) is 0 Å². The molecular formula is C24H22Br2N2O3. The Labute approximate surface area is 197 Å². The molecule has 2 aromatic rings. The third-order valence-corrected chi connectivity index (χ3v) is 10.4. The van der Waals surface area contributed by atoms with Crippen molar-refractivity contribution in [2.45, 2.75) is 29.9 Å². The first-order chi connectivity index (χ1) is 14.8. The lowest BCUT2D eigenvalue weighted by molar-refractivity contribution is -0.123. The minimum atomic E-state index is -0.275. The van der Waals surface area contributed by atoms with Crippen molar-refractivity contribution in [1.29, 1.82) is 0 Å². The van der Waals surface area contributed by atoms with Crippen LogP contribution < -0.4 is 10.2 Å². The molecule has 1 aliphatic heterocycles. The zero-order valence-corrected chi connectivity index (χ0v) is 20.3. The molecule has 5 rings (SSSR count). The molecule has 0 spiro atoms. The van der Waals surface area contributed by atoms with Gasteiger partial charge in [0.25, 0.3) is 5.91 Å². The van der Waals surface area contributed by atoms with E-state index < -0.39 is 0 Å². The molecule has 2 bridgehead atoms. The van der Waals surface area contributed by atoms with Gasteiger partial charge >= 0.3 is 0 Å². The Kier molecular flexibility index (Phi) is 5.09. The Hall–Kier alpha value is -1.99. The standard InChI is InChI=1S/C24H22Br2N2O3/c1-11-5-3-8-17(12(11)2)27-22(29)13-6-4-7-14(9-13)28-23(30)18-15-10-16(19(18)24(28)31)21(26)20(15)25/h3-9,15-16,18-21H,10H2,1-2H3,(H,27,29)/t15-,16-,18-,19-,20-,21+/m1/s1. The van der Waals surface area contributed by atoms with E-state index in [1.807, 2.05) is 32.0 Å². The molecule has 1 N–H and O–H groups in total. The van der Waals surface area contributed by atoms with E-state index in [-0.39, 0.29) is 51.0 Å². The molecule has 1 heterocycles. The van der Waals surface area contributed by atoms with Gasteiger partial charge in [0.05, 0.1) is 17.5 Å². The van der Waals surface area contributed by atoms with Crippen molar-refractivity contribution in [3.63, 3.8) is 0 Å². The number of rotatable bonds is 3. The van der Waals surface area contributed by atoms with E-state index in [0.717, 1.165) is 23.2 Å². The number of carbonyl (C=O) groups is 3. The molecule has 31 heavy (non-hydrogen) atoms. The maximum atomic E-state index is 13.3. The number of hydrogen-bond acceptors (Lipinski definition) is 3. The average molecular weight is 546 g/mol. The number of anilines is 2. The second-order valence-electron chi connectivity index (χ2n) is 8.77. The molecule has 2 aromatic carbocycles. The maximum Gasteiger partial charge on any atom is 0.255 e. The topological polar surface area (TPSA) is 66.5 Å². The Morgan fingerprint density at radius 3 is 2.23 bits per heavy atom. The minimum absolute atomic E-state index is 0.140. The van der Waals surface area contributed by atoms with E-state index in [9.17, 15) is 14.4 Å². The SMILES string of the molecule is Cc1cccc(NC(=O)c2cccc(N3C(=O)[C@@H]4[C@H]5C[C@@H]([C@@H](Br)[C@H]5Br)[C@H]4C3=O)c2)c1C. The van der Waals surface area contributed by atoms with Crippen LogP contribution in [0.1, 0.15) is 27.9 Å². The molecule has 3 amide bonds. The summed E-state index contributed by atoms with van der Waals surface area (Å²) in [4.78, 5) is 41.1. The first-order valence-corrected chi connectivity index (χ1v) is 12.3. The van der Waals surface area contributed by atoms with Crippen molar-refractivity contribution in [3.05, 3.63) is 59.2 Å². The second-order valence-corrected chi connectivity index (χ2v) is 10.9. The van der Waals surface area contributed by atoms with Crippen LogP contribution in [0.15, 0.2) is 42.5 Å². The highest BCUT2D eigenvalue weighted by Crippen LogP contribution is 2.60. The summed E-state index contributed by atoms with van der Waals surface area (Å²) in [5, 5.41) is 2.94. The third kappa shape index (κ3) is 3.11. The van der Waals surface area contributed by atoms with Crippen LogP contribution in [0.2, 0.25) is 0 Å². The van der Waals surface area contributed by atoms with Gasteiger partial charge in [-0.3, -0.25) is 19.3 Å². The van der Waals surface area contributed by atoms with Crippen LogP contribution in [0.3, 0.4) is 0 Å². The Balaban J connectivity index is 1.42. The highest BCUT2D eigenvalue weighted by Gasteiger charge is 2.66. The first-order valence-electron chi connectivity index (χ1n) is 10.4. The monoisotopic (exact) mass is 544 g/mol. The minimum Gasteiger partial charge on any atom is -0.322 e. The van der Waals surface area contributed by atoms with Crippen LogP contribution >= 0.6 is 31.9 Å². The number of imide groups is 1. The Morgan fingerprint density at radius 1 is 0.968 bits per heavy atom. The van der Waals surface area contributed by atoms with E-state index in [1.165, 1.54) is 4.90 Å². The molecule has 6 atom stereocenters. The molecule has 0 aromatic heterocycles. The van der Waals surface area contributed by atoms with Gasteiger partial charge in [0, 0.05) is 20.9 Å². The third-order valence-electron chi connectivity index (χ3n) is 7.21. The van der Waals surface area contributed by atoms with Crippen molar-refractivity contribution in [2.24, 2.45) is 23.7 Å². The van der Waals surface area contributed by atoms with Crippen LogP contribution in [0.25, 0.3) is 0 Å². The summed E-state index contributed by atoms with van der Waals surface area (Å²) < 4.78 is 0. The summed E-state index contributed by atoms with van der Waals surface area (Å²) in [6.45, 7) is 3.96. The number of halogens is 2. The smallest absolute Gasteiger partial charge is 0.255 e. The summed E-state index contributed by atoms with van der Waals surface area (Å²) >= 11 is 7.42. The van der Waals surface area contributed by atoms with Gasteiger partial charge in [-0.2, -0.15) is 0 Å². The van der Waals surface area contributed by atoms with Crippen LogP contribution in [0.4, 0.5) is 11.4 Å². The predicted octanol–water partition coefficient (Wildman–Crippen LogP) is 4.84. The van der Waals surface area contributed by atoms with Crippen LogP contribution in [-0.2, 0) is 9.59 Å². The number of nitrogens with one attached hydrogen (secondary N) is 1. The fourth-order valence-electron chi connectivity index (χ4n) is 5.47. The molecule has 160 valence electrons. The van der Waals surface area contributed by atoms with Gasteiger partial charge in [-0.1, -0.05) is 50.1 Å². The summed E-state index contributed by atoms with van der Waals surface area (Å²) in [7, 11) is 0. The highest BCUT2D eigenvalue weighted by molar-refractivity contribution is 9.12. The summed E-state index contributed by atoms with van der Waals surface area (Å²) in [6.07, 6.45) is 0.894. The van der Waals surface area contributed by atoms with Crippen molar-refractivity contribution in [3.8, 4) is 0 Å². The normalized spacial score (nSPS) is 31.3. The molecule has 5 nitrogen and oxygen atoms in total. The molecule has 0 radical (unpaired) electrons. The molecule has 3 fully saturated rings. The van der Waals surface area contributed by atoms with E-state index in [2.05, 4.69) is 37.2 Å². The van der Waals surface area contributed by atoms with Gasteiger partial charge in [-0.25, -0.2) is 0 Å². The average Bonchev–Trinajstić information content (AvgIpc) is 3.36. The number of nitrogens with zero attached hydrogens (tertiary/aromatic N) is 1. The molecular weight excluding hydrogens is 524 g/mol. The Morgan fingerprint density at radius 2 is 1.58 bits per heavy atom. The zero-order chi connectivity index (χ0) is 22.0. The van der Waals surface area contributed by atoms with Crippen molar-refractivity contribution in [2.75, 3.05) is 10.2 Å². The molecule has 1 saturated heterocycles. The number of amides is 3. The van der Waals surface area contributed by atoms with Gasteiger partial charge in [-0.15, -0.1) is 0 Å². The number of alkyl halides is 2. The lowest BCUT2D eigenvalue weighted by Gasteiger charge is -2.28. The largest absolute Gasteiger partial charge is 0.322 e. The van der Waals surface area contributed by atoms with Crippen LogP contribution in [-0.4, -0.2) is 27.4 Å². The lowest BCUT2D eigenvalue weighted by atomic mass is 9.81. The lowest BCUT2D eigenvalue weighted by Crippen LogP contribution is -2.37. The fourth-order valence-corrected chi connectivity index (χ4v) is 7.34. The summed E-state index contributed by atoms with van der Waals surface area (Å²) in [6, 6.07) is 12.5. The summed E-state index contributed by atoms with van der Waals surface area (Å²) in [5.41, 5.74) is 3.73. The molecule has 7 heteroatoms. The number of carbonyl (C=O) groups excluding carboxylic acids is 3. The predicted molar refractivity (Wildman–Crippen MR) is 127 cm³/mol. The maximum absolute atomic E-state index is 13.3. The molecule has 0 unspecified atom stereocenters. The van der Waals surface area contributed by atoms with Gasteiger partial charge in [0.15, 0.2) is 0 Å². The van der Waals surface area contributed by atoms with Crippen molar-refractivity contribution < 1.29 is 14.4 Å². The first kappa shape index (κ1) is 20.9. The highest BCUT2D eigenvalue weighted by atomic mass is 79.9. The van der Waals surface area contributed by atoms with E-state index in [4.69, 9.17) is 0 Å². The van der Waals surface area contributed by atoms with E-state index in [1.54, 1.807) is 24.3 Å². The van der Waals surface area contributed by atoms with Crippen molar-refractivity contribution >= 4 is 61.0 Å². The zero-order valence-electron chi connectivity index (χ0n) is 17.1. The Bertz CT molecular complexity index is 1090. The van der Waals surface area contributed by atoms with Crippen LogP contribution in [0.5, 0.6) is 0 Å². The molecule has 3 aliphatic rings. The second kappa shape index (κ2) is 7.55. The van der Waals surface area contributed by atoms with Gasteiger partial charge in [-0.05, 0) is 67.5 Å². The number of benzene rings is 2. The molecule has 2 aliphatic carbocycles. The summed E-state index contributed by atoms with van der Waals surface area (Å²) in [5.74, 6) is -0.771. The quantitative estimate of drug-likeness (QED) is 0.443. The van der Waals surface area contributed by atoms with E-state index >= 15 is 0 Å². The fraction of sp³-hybridized carbons (Fsp3) is 0.375. The van der Waals surface area contributed by atoms with Gasteiger partial charge in [0.1, 0.15) is 0 Å². The number of hydrogen-bond donors (Lipinski definition) is 1. The van der Waals surface area contributed by atoms with E-state index in [0.29, 0.717) is 11.3 Å². The number of fused-ring (bicyclic) bond motifs is 5. The van der Waals surface area contributed by atoms with Crippen LogP contribution in [0, 0.1) is 37.5 Å². The number of aryl methyl sites for hydroxylation is 1. The molecule has 2 saturated carbocycles. The van der Waals surface area contributed by atoms with Gasteiger partial charge < -0.3 is 5.32 Å². The van der Waals surface area contributed by atoms with Gasteiger partial charge in [0.2, 0.25) is 11.8 Å².